The highest BCUT2D eigenvalue weighted by molar-refractivity contribution is 6.03. The Labute approximate surface area is 135 Å². The Morgan fingerprint density at radius 3 is 2.83 bits per heavy atom. The summed E-state index contributed by atoms with van der Waals surface area (Å²) in [6.07, 6.45) is 0.887. The van der Waals surface area contributed by atoms with Gasteiger partial charge in [0.05, 0.1) is 11.3 Å². The summed E-state index contributed by atoms with van der Waals surface area (Å²) in [6.45, 7) is 0.561. The molecule has 4 rings (SSSR count). The molecule has 1 N–H and O–H groups in total. The molecule has 0 unspecified atom stereocenters. The van der Waals surface area contributed by atoms with Gasteiger partial charge in [0.1, 0.15) is 5.84 Å². The molecule has 0 saturated heterocycles. The number of aliphatic imine (C=N–C) groups is 1. The van der Waals surface area contributed by atoms with Crippen LogP contribution in [0.5, 0.6) is 0 Å². The number of carbonyl (C=O) groups is 1. The van der Waals surface area contributed by atoms with Crippen molar-refractivity contribution in [2.24, 2.45) is 4.99 Å². The van der Waals surface area contributed by atoms with Crippen molar-refractivity contribution in [2.45, 2.75) is 12.6 Å². The number of amidine groups is 1. The Bertz CT molecular complexity index is 862. The van der Waals surface area contributed by atoms with Crippen LogP contribution < -0.4 is 5.32 Å². The number of rotatable bonds is 1. The van der Waals surface area contributed by atoms with E-state index in [2.05, 4.69) is 10.3 Å². The van der Waals surface area contributed by atoms with E-state index >= 15 is 0 Å². The molecular formula is C17H12F3N3O. The van der Waals surface area contributed by atoms with Gasteiger partial charge in [0.15, 0.2) is 0 Å². The zero-order chi connectivity index (χ0) is 16.9. The van der Waals surface area contributed by atoms with Gasteiger partial charge in [-0.05, 0) is 18.2 Å². The molecule has 3 aliphatic rings. The van der Waals surface area contributed by atoms with E-state index < -0.39 is 11.7 Å². The van der Waals surface area contributed by atoms with Crippen LogP contribution in [0.3, 0.4) is 0 Å². The second-order valence-corrected chi connectivity index (χ2v) is 5.67. The summed E-state index contributed by atoms with van der Waals surface area (Å²) in [7, 11) is 0. The normalized spacial score (nSPS) is 19.6. The van der Waals surface area contributed by atoms with E-state index in [1.807, 2.05) is 4.90 Å². The average Bonchev–Trinajstić information content (AvgIpc) is 2.88. The first-order chi connectivity index (χ1) is 11.4. The maximum atomic E-state index is 13.0. The molecular weight excluding hydrogens is 319 g/mol. The zero-order valence-corrected chi connectivity index (χ0v) is 12.4. The van der Waals surface area contributed by atoms with Crippen molar-refractivity contribution in [3.05, 3.63) is 70.7 Å². The first kappa shape index (κ1) is 14.7. The summed E-state index contributed by atoms with van der Waals surface area (Å²) in [5.74, 6) is 0.245. The maximum Gasteiger partial charge on any atom is 0.416 e. The molecule has 1 amide bonds. The average molecular weight is 331 g/mol. The van der Waals surface area contributed by atoms with Gasteiger partial charge in [-0.2, -0.15) is 13.2 Å². The highest BCUT2D eigenvalue weighted by Gasteiger charge is 2.34. The summed E-state index contributed by atoms with van der Waals surface area (Å²) in [5.41, 5.74) is 2.04. The summed E-state index contributed by atoms with van der Waals surface area (Å²) < 4.78 is 38.9. The van der Waals surface area contributed by atoms with E-state index in [0.717, 1.165) is 29.1 Å². The van der Waals surface area contributed by atoms with Gasteiger partial charge in [-0.25, -0.2) is 4.99 Å². The van der Waals surface area contributed by atoms with Gasteiger partial charge >= 0.3 is 6.18 Å². The molecule has 0 saturated carbocycles. The molecule has 122 valence electrons. The largest absolute Gasteiger partial charge is 0.416 e. The van der Waals surface area contributed by atoms with E-state index in [4.69, 9.17) is 0 Å². The van der Waals surface area contributed by atoms with Crippen molar-refractivity contribution >= 4 is 11.7 Å². The highest BCUT2D eigenvalue weighted by Crippen LogP contribution is 2.35. The third kappa shape index (κ3) is 2.33. The fourth-order valence-corrected chi connectivity index (χ4v) is 3.08. The second kappa shape index (κ2) is 5.09. The second-order valence-electron chi connectivity index (χ2n) is 5.67. The van der Waals surface area contributed by atoms with Crippen molar-refractivity contribution in [2.75, 3.05) is 6.54 Å². The van der Waals surface area contributed by atoms with Gasteiger partial charge in [-0.15, -0.1) is 0 Å². The molecule has 7 heteroatoms. The molecule has 0 spiro atoms. The van der Waals surface area contributed by atoms with Crippen LogP contribution in [0.2, 0.25) is 0 Å². The van der Waals surface area contributed by atoms with E-state index in [0.29, 0.717) is 24.4 Å². The van der Waals surface area contributed by atoms with E-state index in [-0.39, 0.29) is 5.91 Å². The summed E-state index contributed by atoms with van der Waals surface area (Å²) in [5, 5.41) is 2.81. The molecule has 0 bridgehead atoms. The number of nitrogens with zero attached hydrogens (tertiary/aromatic N) is 2. The SMILES string of the molecule is O=C1C=CC2=CN=C(c3cccc(C(F)(F)F)c3)N3CCC(=C23)N1. The molecule has 24 heavy (non-hydrogen) atoms. The number of nitrogens with one attached hydrogen (secondary N) is 1. The highest BCUT2D eigenvalue weighted by atomic mass is 19.4. The van der Waals surface area contributed by atoms with Crippen LogP contribution in [-0.2, 0) is 11.0 Å². The Hall–Kier alpha value is -2.83. The van der Waals surface area contributed by atoms with Crippen LogP contribution in [0.15, 0.2) is 64.6 Å². The number of alkyl halides is 3. The quantitative estimate of drug-likeness (QED) is 0.860. The Morgan fingerprint density at radius 2 is 2.04 bits per heavy atom. The van der Waals surface area contributed by atoms with Crippen molar-refractivity contribution in [3.63, 3.8) is 0 Å². The van der Waals surface area contributed by atoms with Gasteiger partial charge < -0.3 is 10.2 Å². The lowest BCUT2D eigenvalue weighted by Gasteiger charge is -2.27. The van der Waals surface area contributed by atoms with Crippen LogP contribution in [0, 0.1) is 0 Å². The number of halogens is 3. The molecule has 0 aliphatic carbocycles. The smallest absolute Gasteiger partial charge is 0.324 e. The van der Waals surface area contributed by atoms with Crippen molar-refractivity contribution in [3.8, 4) is 0 Å². The molecule has 0 radical (unpaired) electrons. The lowest BCUT2D eigenvalue weighted by atomic mass is 10.1. The molecule has 1 aromatic carbocycles. The van der Waals surface area contributed by atoms with Gasteiger partial charge in [-0.1, -0.05) is 12.1 Å². The van der Waals surface area contributed by atoms with Crippen LogP contribution in [-0.4, -0.2) is 23.2 Å². The Morgan fingerprint density at radius 1 is 1.21 bits per heavy atom. The van der Waals surface area contributed by atoms with Crippen molar-refractivity contribution < 1.29 is 18.0 Å². The van der Waals surface area contributed by atoms with Crippen molar-refractivity contribution in [1.82, 2.24) is 10.2 Å². The monoisotopic (exact) mass is 331 g/mol. The number of hydrogen-bond acceptors (Lipinski definition) is 3. The van der Waals surface area contributed by atoms with Gasteiger partial charge in [0.25, 0.3) is 0 Å². The lowest BCUT2D eigenvalue weighted by Crippen LogP contribution is -2.31. The van der Waals surface area contributed by atoms with Crippen LogP contribution in [0.4, 0.5) is 13.2 Å². The zero-order valence-electron chi connectivity index (χ0n) is 12.4. The van der Waals surface area contributed by atoms with E-state index in [1.165, 1.54) is 12.1 Å². The number of hydrogen-bond donors (Lipinski definition) is 1. The van der Waals surface area contributed by atoms with Gasteiger partial charge in [-0.3, -0.25) is 4.79 Å². The Kier molecular flexibility index (Phi) is 3.13. The summed E-state index contributed by atoms with van der Waals surface area (Å²) in [6, 6.07) is 5.12. The minimum absolute atomic E-state index is 0.213. The first-order valence-corrected chi connectivity index (χ1v) is 7.39. The van der Waals surface area contributed by atoms with Crippen LogP contribution in [0.25, 0.3) is 0 Å². The lowest BCUT2D eigenvalue weighted by molar-refractivity contribution is -0.137. The van der Waals surface area contributed by atoms with E-state index in [9.17, 15) is 18.0 Å². The fraction of sp³-hybridized carbons (Fsp3) is 0.176. The van der Waals surface area contributed by atoms with Crippen LogP contribution in [0.1, 0.15) is 17.5 Å². The Balaban J connectivity index is 1.80. The standard InChI is InChI=1S/C17H12F3N3O/c18-17(19,20)12-3-1-2-10(8-12)16-21-9-11-4-5-14(24)22-13-6-7-23(16)15(11)13/h1-5,8-9H,6-7H2,(H,22,24). The topological polar surface area (TPSA) is 44.7 Å². The molecule has 3 heterocycles. The minimum Gasteiger partial charge on any atom is -0.324 e. The fourth-order valence-electron chi connectivity index (χ4n) is 3.08. The summed E-state index contributed by atoms with van der Waals surface area (Å²) in [4.78, 5) is 17.9. The number of allylic oxidation sites excluding steroid dienone is 1. The van der Waals surface area contributed by atoms with Crippen molar-refractivity contribution in [1.29, 1.82) is 0 Å². The maximum absolute atomic E-state index is 13.0. The third-order valence-corrected chi connectivity index (χ3v) is 4.13. The number of benzene rings is 1. The predicted molar refractivity (Wildman–Crippen MR) is 81.7 cm³/mol. The van der Waals surface area contributed by atoms with Gasteiger partial charge in [0, 0.05) is 42.1 Å². The van der Waals surface area contributed by atoms with Crippen LogP contribution >= 0.6 is 0 Å². The van der Waals surface area contributed by atoms with Gasteiger partial charge in [0.2, 0.25) is 5.91 Å². The molecule has 0 fully saturated rings. The molecule has 0 aromatic heterocycles. The number of carbonyl (C=O) groups excluding carboxylic acids is 1. The minimum atomic E-state index is -4.40. The predicted octanol–water partition coefficient (Wildman–Crippen LogP) is 2.95. The summed E-state index contributed by atoms with van der Waals surface area (Å²) >= 11 is 0. The molecule has 3 aliphatic heterocycles. The molecule has 0 atom stereocenters. The molecule has 1 aromatic rings. The number of amides is 1. The first-order valence-electron chi connectivity index (χ1n) is 7.39. The van der Waals surface area contributed by atoms with E-state index in [1.54, 1.807) is 18.3 Å². The molecule has 4 nitrogen and oxygen atoms in total. The third-order valence-electron chi connectivity index (χ3n) is 4.13.